The summed E-state index contributed by atoms with van der Waals surface area (Å²) in [5.74, 6) is 0.614. The number of nitriles is 1. The number of aromatic nitrogens is 2. The van der Waals surface area contributed by atoms with Crippen LogP contribution in [0.25, 0.3) is 0 Å². The third kappa shape index (κ3) is 4.71. The van der Waals surface area contributed by atoms with Crippen molar-refractivity contribution in [2.75, 3.05) is 30.1 Å². The van der Waals surface area contributed by atoms with E-state index >= 15 is 0 Å². The van der Waals surface area contributed by atoms with E-state index in [0.29, 0.717) is 31.4 Å². The van der Waals surface area contributed by atoms with E-state index in [0.717, 1.165) is 6.26 Å². The molecular weight excluding hydrogens is 491 g/mol. The first-order valence-corrected chi connectivity index (χ1v) is 12.8. The standard InChI is InChI=1S/C21H20Cl2N4O5S/c1-33(29,30)27-19-25-4-2-16(26-19)32-12-20-9-21(10-20,11-20)18(28)13-6-14(8-24)17(15(23)7-13)31-5-3-22/h2,4,6-7H,3,5,9-12H2,1H3,(H,25,26,27). The molecule has 3 aliphatic carbocycles. The lowest BCUT2D eigenvalue weighted by Gasteiger charge is -2.69. The van der Waals surface area contributed by atoms with Crippen LogP contribution in [0.4, 0.5) is 5.95 Å². The molecule has 3 saturated carbocycles. The number of Topliss-reactive ketones (excluding diaryl/α,β-unsaturated/α-hetero) is 1. The lowest BCUT2D eigenvalue weighted by atomic mass is 9.34. The zero-order valence-corrected chi connectivity index (χ0v) is 19.9. The Hall–Kier alpha value is -2.61. The molecule has 3 aliphatic rings. The summed E-state index contributed by atoms with van der Waals surface area (Å²) >= 11 is 11.9. The molecule has 1 aromatic carbocycles. The minimum atomic E-state index is -3.49. The number of rotatable bonds is 10. The van der Waals surface area contributed by atoms with Gasteiger partial charge >= 0.3 is 0 Å². The number of sulfonamides is 1. The second-order valence-corrected chi connectivity index (χ2v) is 11.0. The fourth-order valence-corrected chi connectivity index (χ4v) is 5.44. The van der Waals surface area contributed by atoms with E-state index in [4.69, 9.17) is 32.7 Å². The second kappa shape index (κ2) is 8.63. The lowest BCUT2D eigenvalue weighted by molar-refractivity contribution is -0.185. The number of benzene rings is 1. The van der Waals surface area contributed by atoms with Gasteiger partial charge in [0.05, 0.1) is 29.3 Å². The van der Waals surface area contributed by atoms with Crippen LogP contribution in [0, 0.1) is 22.2 Å². The molecule has 0 unspecified atom stereocenters. The van der Waals surface area contributed by atoms with Crippen molar-refractivity contribution in [3.63, 3.8) is 0 Å². The third-order valence-corrected chi connectivity index (χ3v) is 6.79. The summed E-state index contributed by atoms with van der Waals surface area (Å²) in [6, 6.07) is 6.62. The zero-order valence-electron chi connectivity index (χ0n) is 17.6. The van der Waals surface area contributed by atoms with E-state index in [2.05, 4.69) is 14.7 Å². The molecule has 33 heavy (non-hydrogen) atoms. The summed E-state index contributed by atoms with van der Waals surface area (Å²) in [6.45, 7) is 0.556. The van der Waals surface area contributed by atoms with Crippen LogP contribution < -0.4 is 14.2 Å². The van der Waals surface area contributed by atoms with E-state index in [9.17, 15) is 18.5 Å². The van der Waals surface area contributed by atoms with Crippen molar-refractivity contribution in [2.45, 2.75) is 19.3 Å². The maximum absolute atomic E-state index is 13.2. The molecule has 1 N–H and O–H groups in total. The van der Waals surface area contributed by atoms with Gasteiger partial charge in [0.1, 0.15) is 12.7 Å². The topological polar surface area (TPSA) is 131 Å². The van der Waals surface area contributed by atoms with Crippen molar-refractivity contribution < 1.29 is 22.7 Å². The summed E-state index contributed by atoms with van der Waals surface area (Å²) in [5.41, 5.74) is -0.0257. The first kappa shape index (κ1) is 23.5. The Morgan fingerprint density at radius 1 is 1.30 bits per heavy atom. The number of alkyl halides is 1. The highest BCUT2D eigenvalue weighted by Crippen LogP contribution is 2.74. The van der Waals surface area contributed by atoms with Gasteiger partial charge < -0.3 is 9.47 Å². The molecule has 9 nitrogen and oxygen atoms in total. The molecule has 1 heterocycles. The average Bonchev–Trinajstić information content (AvgIpc) is 2.69. The molecule has 0 radical (unpaired) electrons. The first-order valence-electron chi connectivity index (χ1n) is 10.00. The van der Waals surface area contributed by atoms with E-state index in [1.54, 1.807) is 6.07 Å². The van der Waals surface area contributed by atoms with Crippen molar-refractivity contribution in [2.24, 2.45) is 10.8 Å². The zero-order chi connectivity index (χ0) is 23.9. The van der Waals surface area contributed by atoms with Crippen molar-refractivity contribution >= 4 is 45.0 Å². The highest BCUT2D eigenvalue weighted by Gasteiger charge is 2.71. The highest BCUT2D eigenvalue weighted by molar-refractivity contribution is 7.91. The van der Waals surface area contributed by atoms with Crippen molar-refractivity contribution in [3.8, 4) is 17.7 Å². The van der Waals surface area contributed by atoms with E-state index < -0.39 is 15.4 Å². The normalized spacial score (nSPS) is 23.0. The van der Waals surface area contributed by atoms with Gasteiger partial charge in [0.15, 0.2) is 11.5 Å². The van der Waals surface area contributed by atoms with Gasteiger partial charge in [0.25, 0.3) is 0 Å². The molecule has 1 aromatic heterocycles. The predicted molar refractivity (Wildman–Crippen MR) is 121 cm³/mol. The molecule has 174 valence electrons. The van der Waals surface area contributed by atoms with Crippen LogP contribution in [-0.2, 0) is 10.0 Å². The van der Waals surface area contributed by atoms with Crippen LogP contribution in [0.5, 0.6) is 11.6 Å². The highest BCUT2D eigenvalue weighted by atomic mass is 35.5. The monoisotopic (exact) mass is 510 g/mol. The SMILES string of the molecule is CS(=O)(=O)Nc1nccc(OCC23CC(C(=O)c4cc(Cl)c(OCCCl)c(C#N)c4)(C2)C3)n1. The quantitative estimate of drug-likeness (QED) is 0.379. The Labute approximate surface area is 201 Å². The fourth-order valence-electron chi connectivity index (χ4n) is 4.66. The fraction of sp³-hybridized carbons (Fsp3) is 0.429. The van der Waals surface area contributed by atoms with Crippen LogP contribution in [-0.4, -0.2) is 49.5 Å². The van der Waals surface area contributed by atoms with Crippen molar-refractivity contribution in [1.82, 2.24) is 9.97 Å². The number of carbonyl (C=O) groups excluding carboxylic acids is 1. The summed E-state index contributed by atoms with van der Waals surface area (Å²) in [6.07, 6.45) is 4.38. The smallest absolute Gasteiger partial charge is 0.239 e. The summed E-state index contributed by atoms with van der Waals surface area (Å²) in [4.78, 5) is 21.1. The first-order chi connectivity index (χ1) is 15.6. The number of halogens is 2. The summed E-state index contributed by atoms with van der Waals surface area (Å²) in [5, 5.41) is 9.64. The Morgan fingerprint density at radius 2 is 2.03 bits per heavy atom. The Kier molecular flexibility index (Phi) is 6.16. The molecular formula is C21H20Cl2N4O5S. The van der Waals surface area contributed by atoms with Gasteiger partial charge in [-0.05, 0) is 31.4 Å². The number of carbonyl (C=O) groups is 1. The molecule has 2 aromatic rings. The van der Waals surface area contributed by atoms with Crippen LogP contribution in [0.15, 0.2) is 24.4 Å². The molecule has 0 amide bonds. The predicted octanol–water partition coefficient (Wildman–Crippen LogP) is 3.42. The van der Waals surface area contributed by atoms with Gasteiger partial charge in [-0.1, -0.05) is 11.6 Å². The number of hydrogen-bond acceptors (Lipinski definition) is 8. The van der Waals surface area contributed by atoms with Gasteiger partial charge in [-0.25, -0.2) is 13.4 Å². The van der Waals surface area contributed by atoms with Crippen LogP contribution in [0.2, 0.25) is 5.02 Å². The minimum absolute atomic E-state index is 0.0478. The molecule has 0 saturated heterocycles. The maximum atomic E-state index is 13.2. The van der Waals surface area contributed by atoms with Gasteiger partial charge in [0, 0.05) is 28.7 Å². The van der Waals surface area contributed by atoms with E-state index in [-0.39, 0.29) is 51.8 Å². The maximum Gasteiger partial charge on any atom is 0.239 e. The molecule has 5 rings (SSSR count). The van der Waals surface area contributed by atoms with E-state index in [1.807, 2.05) is 6.07 Å². The van der Waals surface area contributed by atoms with Crippen LogP contribution >= 0.6 is 23.2 Å². The van der Waals surface area contributed by atoms with Crippen molar-refractivity contribution in [3.05, 3.63) is 40.5 Å². The average molecular weight is 511 g/mol. The Balaban J connectivity index is 1.39. The van der Waals surface area contributed by atoms with Crippen LogP contribution in [0.1, 0.15) is 35.2 Å². The number of nitrogens with zero attached hydrogens (tertiary/aromatic N) is 3. The molecule has 3 fully saturated rings. The number of nitrogens with one attached hydrogen (secondary N) is 1. The lowest BCUT2D eigenvalue weighted by Crippen LogP contribution is -2.67. The van der Waals surface area contributed by atoms with Crippen molar-refractivity contribution in [1.29, 1.82) is 5.26 Å². The summed E-state index contributed by atoms with van der Waals surface area (Å²) in [7, 11) is -3.49. The molecule has 0 aliphatic heterocycles. The second-order valence-electron chi connectivity index (χ2n) is 8.51. The molecule has 0 atom stereocenters. The largest absolute Gasteiger partial charge is 0.489 e. The van der Waals surface area contributed by atoms with Gasteiger partial charge in [-0.2, -0.15) is 10.2 Å². The van der Waals surface area contributed by atoms with E-state index in [1.165, 1.54) is 18.3 Å². The Morgan fingerprint density at radius 3 is 2.67 bits per heavy atom. The number of hydrogen-bond donors (Lipinski definition) is 1. The molecule has 2 bridgehead atoms. The number of anilines is 1. The molecule has 0 spiro atoms. The van der Waals surface area contributed by atoms with Gasteiger partial charge in [-0.15, -0.1) is 11.6 Å². The van der Waals surface area contributed by atoms with Crippen LogP contribution in [0.3, 0.4) is 0 Å². The van der Waals surface area contributed by atoms with Gasteiger partial charge in [0.2, 0.25) is 21.9 Å². The Bertz CT molecular complexity index is 1240. The van der Waals surface area contributed by atoms with Gasteiger partial charge in [-0.3, -0.25) is 9.52 Å². The molecule has 12 heteroatoms. The summed E-state index contributed by atoms with van der Waals surface area (Å²) < 4.78 is 36.1. The number of ether oxygens (including phenoxy) is 2. The third-order valence-electron chi connectivity index (χ3n) is 5.80. The number of ketones is 1. The minimum Gasteiger partial charge on any atom is -0.489 e.